The molecule has 140 valence electrons. The molecule has 3 rings (SSSR count). The predicted molar refractivity (Wildman–Crippen MR) is 99.8 cm³/mol. The van der Waals surface area contributed by atoms with Gasteiger partial charge in [0.2, 0.25) is 0 Å². The average Bonchev–Trinajstić information content (AvgIpc) is 2.63. The van der Waals surface area contributed by atoms with E-state index in [0.29, 0.717) is 5.69 Å². The highest BCUT2D eigenvalue weighted by atomic mass is 32.2. The third kappa shape index (κ3) is 6.19. The van der Waals surface area contributed by atoms with Crippen molar-refractivity contribution in [3.63, 3.8) is 0 Å². The second-order valence-electron chi connectivity index (χ2n) is 5.37. The summed E-state index contributed by atoms with van der Waals surface area (Å²) in [7, 11) is -4.73. The molecule has 3 aromatic rings. The molecule has 27 heavy (non-hydrogen) atoms. The molecule has 0 saturated carbocycles. The Morgan fingerprint density at radius 1 is 0.889 bits per heavy atom. The molecule has 0 aliphatic carbocycles. The van der Waals surface area contributed by atoms with Crippen LogP contribution in [0.15, 0.2) is 83.8 Å². The lowest BCUT2D eigenvalue weighted by molar-refractivity contribution is -0.384. The zero-order valence-corrected chi connectivity index (χ0v) is 14.9. The standard InChI is InChI=1S/C12H10N2O5S.C6H7N/c15-14(16)12-8-10(20(17,18)19)6-7-11(12)13-9-4-2-1-3-5-9;7-6-4-2-1-3-5-6/h1-8,13H,(H,17,18,19);1-5H,7H2. The Balaban J connectivity index is 0.000000313. The number of nitrogens with zero attached hydrogens (tertiary/aromatic N) is 1. The van der Waals surface area contributed by atoms with Crippen molar-refractivity contribution in [1.29, 1.82) is 0 Å². The highest BCUT2D eigenvalue weighted by molar-refractivity contribution is 7.85. The number of nitrogens with one attached hydrogen (secondary N) is 1. The van der Waals surface area contributed by atoms with Gasteiger partial charge in [-0.2, -0.15) is 0 Å². The highest BCUT2D eigenvalue weighted by Crippen LogP contribution is 2.29. The third-order valence-corrected chi connectivity index (χ3v) is 4.18. The van der Waals surface area contributed by atoms with Gasteiger partial charge in [0.05, 0.1) is 9.82 Å². The fourth-order valence-electron chi connectivity index (χ4n) is 2.08. The lowest BCUT2D eigenvalue weighted by Crippen LogP contribution is -2.39. The van der Waals surface area contributed by atoms with E-state index in [-0.39, 0.29) is 5.69 Å². The molecule has 3 aromatic carbocycles. The summed E-state index contributed by atoms with van der Waals surface area (Å²) in [5.74, 6) is 0. The minimum absolute atomic E-state index is 0.105. The average molecular weight is 387 g/mol. The molecule has 0 aliphatic rings. The van der Waals surface area contributed by atoms with E-state index in [4.69, 9.17) is 0 Å². The Bertz CT molecular complexity index is 1010. The largest absolute Gasteiger partial charge is 0.744 e. The van der Waals surface area contributed by atoms with E-state index in [1.807, 2.05) is 30.3 Å². The van der Waals surface area contributed by atoms with Gasteiger partial charge in [-0.05, 0) is 36.4 Å². The topological polar surface area (TPSA) is 140 Å². The molecule has 0 radical (unpaired) electrons. The van der Waals surface area contributed by atoms with Crippen LogP contribution in [0.3, 0.4) is 0 Å². The van der Waals surface area contributed by atoms with Gasteiger partial charge in [0.1, 0.15) is 21.5 Å². The van der Waals surface area contributed by atoms with Crippen LogP contribution >= 0.6 is 0 Å². The molecule has 0 unspecified atom stereocenters. The van der Waals surface area contributed by atoms with Gasteiger partial charge in [0, 0.05) is 11.8 Å². The minimum atomic E-state index is -4.73. The molecule has 0 aromatic heterocycles. The Morgan fingerprint density at radius 2 is 1.44 bits per heavy atom. The molecule has 8 nitrogen and oxygen atoms in total. The van der Waals surface area contributed by atoms with Crippen LogP contribution < -0.4 is 11.1 Å². The summed E-state index contributed by atoms with van der Waals surface area (Å²) in [5.41, 5.74) is 5.02. The normalized spacial score (nSPS) is 10.4. The van der Waals surface area contributed by atoms with Crippen LogP contribution in [0.2, 0.25) is 0 Å². The first-order chi connectivity index (χ1) is 12.8. The first-order valence-electron chi connectivity index (χ1n) is 7.71. The predicted octanol–water partition coefficient (Wildman–Crippen LogP) is 2.80. The molecule has 0 spiro atoms. The zero-order valence-electron chi connectivity index (χ0n) is 14.1. The molecular formula is C18H17N3O5S. The molecule has 4 N–H and O–H groups in total. The van der Waals surface area contributed by atoms with Crippen LogP contribution in [0, 0.1) is 10.1 Å². The molecule has 0 bridgehead atoms. The van der Waals surface area contributed by atoms with E-state index in [2.05, 4.69) is 11.1 Å². The van der Waals surface area contributed by atoms with Crippen molar-refractivity contribution in [2.45, 2.75) is 4.90 Å². The number of para-hydroxylation sites is 1. The van der Waals surface area contributed by atoms with E-state index in [9.17, 15) is 23.1 Å². The smallest absolute Gasteiger partial charge is 0.293 e. The summed E-state index contributed by atoms with van der Waals surface area (Å²) < 4.78 is 32.6. The van der Waals surface area contributed by atoms with Gasteiger partial charge in [0.15, 0.2) is 0 Å². The Labute approximate surface area is 156 Å². The van der Waals surface area contributed by atoms with Crippen molar-refractivity contribution in [3.8, 4) is 0 Å². The van der Waals surface area contributed by atoms with Gasteiger partial charge >= 0.3 is 0 Å². The second kappa shape index (κ2) is 8.90. The number of benzene rings is 3. The van der Waals surface area contributed by atoms with Gasteiger partial charge in [-0.25, -0.2) is 8.42 Å². The van der Waals surface area contributed by atoms with E-state index in [1.165, 1.54) is 6.07 Å². The number of hydrogen-bond donors (Lipinski definition) is 2. The van der Waals surface area contributed by atoms with Crippen LogP contribution in [-0.4, -0.2) is 17.9 Å². The number of quaternary nitrogens is 1. The van der Waals surface area contributed by atoms with Gasteiger partial charge < -0.3 is 15.6 Å². The molecule has 0 saturated heterocycles. The van der Waals surface area contributed by atoms with Crippen molar-refractivity contribution >= 4 is 32.9 Å². The number of nitro groups is 1. The molecule has 0 aliphatic heterocycles. The van der Waals surface area contributed by atoms with Gasteiger partial charge in [-0.15, -0.1) is 0 Å². The number of rotatable bonds is 4. The van der Waals surface area contributed by atoms with E-state index in [0.717, 1.165) is 17.8 Å². The maximum atomic E-state index is 11.0. The molecule has 9 heteroatoms. The monoisotopic (exact) mass is 387 g/mol. The van der Waals surface area contributed by atoms with Gasteiger partial charge in [-0.1, -0.05) is 36.4 Å². The van der Waals surface area contributed by atoms with E-state index in [1.54, 1.807) is 30.3 Å². The second-order valence-corrected chi connectivity index (χ2v) is 6.75. The van der Waals surface area contributed by atoms with Crippen molar-refractivity contribution in [1.82, 2.24) is 0 Å². The molecule has 0 atom stereocenters. The van der Waals surface area contributed by atoms with Gasteiger partial charge in [0.25, 0.3) is 5.69 Å². The summed E-state index contributed by atoms with van der Waals surface area (Å²) in [6.07, 6.45) is 0. The minimum Gasteiger partial charge on any atom is -0.744 e. The van der Waals surface area contributed by atoms with Crippen LogP contribution in [0.4, 0.5) is 22.7 Å². The van der Waals surface area contributed by atoms with Crippen LogP contribution in [0.1, 0.15) is 0 Å². The quantitative estimate of drug-likeness (QED) is 0.401. The lowest BCUT2D eigenvalue weighted by atomic mass is 10.2. The highest BCUT2D eigenvalue weighted by Gasteiger charge is 2.17. The Kier molecular flexibility index (Phi) is 6.61. The first kappa shape index (κ1) is 20.0. The molecule has 0 fully saturated rings. The summed E-state index contributed by atoms with van der Waals surface area (Å²) in [6.45, 7) is 0. The molecule has 0 heterocycles. The number of hydrogen-bond acceptors (Lipinski definition) is 6. The van der Waals surface area contributed by atoms with Crippen LogP contribution in [-0.2, 0) is 10.1 Å². The van der Waals surface area contributed by atoms with E-state index < -0.39 is 25.6 Å². The summed E-state index contributed by atoms with van der Waals surface area (Å²) in [6, 6.07) is 21.5. The number of nitro benzene ring substituents is 1. The zero-order chi connectivity index (χ0) is 19.9. The Morgan fingerprint density at radius 3 is 1.89 bits per heavy atom. The third-order valence-electron chi connectivity index (χ3n) is 3.35. The van der Waals surface area contributed by atoms with Crippen molar-refractivity contribution in [2.24, 2.45) is 0 Å². The fourth-order valence-corrected chi connectivity index (χ4v) is 2.57. The van der Waals surface area contributed by atoms with Crippen LogP contribution in [0.5, 0.6) is 0 Å². The summed E-state index contributed by atoms with van der Waals surface area (Å²) >= 11 is 0. The summed E-state index contributed by atoms with van der Waals surface area (Å²) in [5, 5.41) is 13.8. The van der Waals surface area contributed by atoms with Crippen molar-refractivity contribution in [2.75, 3.05) is 5.32 Å². The maximum Gasteiger partial charge on any atom is 0.293 e. The molecule has 0 amide bonds. The summed E-state index contributed by atoms with van der Waals surface area (Å²) in [4.78, 5) is 9.57. The molecular weight excluding hydrogens is 370 g/mol. The van der Waals surface area contributed by atoms with Gasteiger partial charge in [-0.3, -0.25) is 10.1 Å². The first-order valence-corrected chi connectivity index (χ1v) is 9.11. The lowest BCUT2D eigenvalue weighted by Gasteiger charge is -2.10. The van der Waals surface area contributed by atoms with Crippen molar-refractivity contribution < 1.29 is 23.6 Å². The van der Waals surface area contributed by atoms with Crippen molar-refractivity contribution in [3.05, 3.63) is 89.0 Å². The van der Waals surface area contributed by atoms with E-state index >= 15 is 0 Å². The van der Waals surface area contributed by atoms with Crippen LogP contribution in [0.25, 0.3) is 0 Å². The Hall–Kier alpha value is -3.27. The number of anilines is 2. The SMILES string of the molecule is O=[N+]([O-])c1cc(S(=O)(=O)[O-])ccc1Nc1ccccc1.[NH3+]c1ccccc1. The fraction of sp³-hybridized carbons (Fsp3) is 0. The maximum absolute atomic E-state index is 11.0.